The number of carbonyl (C=O) groups is 2. The highest BCUT2D eigenvalue weighted by atomic mass is 16.5. The number of Topliss-reactive ketones (excluding diaryl/α,β-unsaturated/α-hetero) is 1. The van der Waals surface area contributed by atoms with Crippen molar-refractivity contribution in [3.05, 3.63) is 71.3 Å². The van der Waals surface area contributed by atoms with Gasteiger partial charge in [0.15, 0.2) is 5.78 Å². The first-order valence-corrected chi connectivity index (χ1v) is 6.55. The molecule has 0 amide bonds. The van der Waals surface area contributed by atoms with Crippen LogP contribution in [0.15, 0.2) is 54.6 Å². The standard InChI is InChI=1S/C17H16O4/c1-21-11-15(12-5-3-2-4-6-12)16(18)13-7-9-14(10-8-13)17(19)20/h2-10,15H,11H2,1H3,(H,19,20). The second-order valence-corrected chi connectivity index (χ2v) is 4.67. The highest BCUT2D eigenvalue weighted by Crippen LogP contribution is 2.21. The molecule has 1 unspecified atom stereocenters. The van der Waals surface area contributed by atoms with Crippen LogP contribution in [0.2, 0.25) is 0 Å². The van der Waals surface area contributed by atoms with E-state index in [4.69, 9.17) is 9.84 Å². The van der Waals surface area contributed by atoms with Gasteiger partial charge in [0.2, 0.25) is 0 Å². The average molecular weight is 284 g/mol. The second kappa shape index (κ2) is 6.81. The van der Waals surface area contributed by atoms with E-state index in [-0.39, 0.29) is 18.0 Å². The summed E-state index contributed by atoms with van der Waals surface area (Å²) in [6.45, 7) is 0.281. The number of ether oxygens (including phenoxy) is 1. The van der Waals surface area contributed by atoms with Gasteiger partial charge in [0.05, 0.1) is 18.1 Å². The number of ketones is 1. The SMILES string of the molecule is COCC(C(=O)c1ccc(C(=O)O)cc1)c1ccccc1. The Morgan fingerprint density at radius 3 is 2.10 bits per heavy atom. The molecule has 108 valence electrons. The third-order valence-corrected chi connectivity index (χ3v) is 3.27. The Bertz CT molecular complexity index is 617. The summed E-state index contributed by atoms with van der Waals surface area (Å²) in [5.74, 6) is -1.49. The number of hydrogen-bond acceptors (Lipinski definition) is 3. The topological polar surface area (TPSA) is 63.6 Å². The summed E-state index contributed by atoms with van der Waals surface area (Å²) >= 11 is 0. The van der Waals surface area contributed by atoms with E-state index in [1.165, 1.54) is 24.3 Å². The number of benzene rings is 2. The molecule has 0 fully saturated rings. The molecule has 0 saturated carbocycles. The van der Waals surface area contributed by atoms with Crippen molar-refractivity contribution >= 4 is 11.8 Å². The fraction of sp³-hybridized carbons (Fsp3) is 0.176. The molecule has 0 saturated heterocycles. The van der Waals surface area contributed by atoms with Crippen molar-refractivity contribution in [3.63, 3.8) is 0 Å². The van der Waals surface area contributed by atoms with Crippen LogP contribution in [0, 0.1) is 0 Å². The number of aromatic carboxylic acids is 1. The van der Waals surface area contributed by atoms with Crippen molar-refractivity contribution in [1.29, 1.82) is 0 Å². The average Bonchev–Trinajstić information content (AvgIpc) is 2.53. The molecular formula is C17H16O4. The summed E-state index contributed by atoms with van der Waals surface area (Å²) in [5, 5.41) is 8.88. The summed E-state index contributed by atoms with van der Waals surface area (Å²) in [4.78, 5) is 23.4. The van der Waals surface area contributed by atoms with E-state index in [0.29, 0.717) is 5.56 Å². The molecule has 21 heavy (non-hydrogen) atoms. The van der Waals surface area contributed by atoms with Crippen LogP contribution in [0.4, 0.5) is 0 Å². The second-order valence-electron chi connectivity index (χ2n) is 4.67. The molecule has 0 aliphatic heterocycles. The summed E-state index contributed by atoms with van der Waals surface area (Å²) < 4.78 is 5.15. The van der Waals surface area contributed by atoms with Gasteiger partial charge < -0.3 is 9.84 Å². The number of methoxy groups -OCH3 is 1. The Morgan fingerprint density at radius 1 is 1.00 bits per heavy atom. The summed E-state index contributed by atoms with van der Waals surface area (Å²) in [5.41, 5.74) is 1.52. The van der Waals surface area contributed by atoms with Gasteiger partial charge >= 0.3 is 5.97 Å². The molecule has 0 heterocycles. The maximum atomic E-state index is 12.6. The van der Waals surface area contributed by atoms with Gasteiger partial charge in [-0.2, -0.15) is 0 Å². The smallest absolute Gasteiger partial charge is 0.335 e. The Balaban J connectivity index is 2.28. The Labute approximate surface area is 123 Å². The van der Waals surface area contributed by atoms with E-state index in [1.807, 2.05) is 30.3 Å². The van der Waals surface area contributed by atoms with Gasteiger partial charge in [-0.3, -0.25) is 4.79 Å². The van der Waals surface area contributed by atoms with Crippen molar-refractivity contribution in [2.75, 3.05) is 13.7 Å². The largest absolute Gasteiger partial charge is 0.478 e. The molecule has 0 aromatic heterocycles. The molecule has 0 spiro atoms. The zero-order valence-electron chi connectivity index (χ0n) is 11.7. The van der Waals surface area contributed by atoms with Gasteiger partial charge in [-0.1, -0.05) is 42.5 Å². The van der Waals surface area contributed by atoms with E-state index < -0.39 is 11.9 Å². The fourth-order valence-corrected chi connectivity index (χ4v) is 2.15. The van der Waals surface area contributed by atoms with Crippen LogP contribution in [0.5, 0.6) is 0 Å². The third-order valence-electron chi connectivity index (χ3n) is 3.27. The van der Waals surface area contributed by atoms with Crippen LogP contribution >= 0.6 is 0 Å². The predicted octanol–water partition coefficient (Wildman–Crippen LogP) is 3.00. The first-order valence-electron chi connectivity index (χ1n) is 6.55. The number of carboxylic acid groups (broad SMARTS) is 1. The Hall–Kier alpha value is -2.46. The molecule has 4 nitrogen and oxygen atoms in total. The summed E-state index contributed by atoms with van der Waals surface area (Å²) in [6, 6.07) is 15.3. The summed E-state index contributed by atoms with van der Waals surface area (Å²) in [7, 11) is 1.55. The molecule has 2 aromatic carbocycles. The van der Waals surface area contributed by atoms with E-state index in [1.54, 1.807) is 7.11 Å². The number of carboxylic acids is 1. The number of carbonyl (C=O) groups excluding carboxylic acids is 1. The van der Waals surface area contributed by atoms with Crippen molar-refractivity contribution in [1.82, 2.24) is 0 Å². The molecule has 1 atom stereocenters. The minimum absolute atomic E-state index is 0.0833. The van der Waals surface area contributed by atoms with Crippen LogP contribution in [0.1, 0.15) is 32.2 Å². The zero-order chi connectivity index (χ0) is 15.2. The highest BCUT2D eigenvalue weighted by Gasteiger charge is 2.22. The normalized spacial score (nSPS) is 11.9. The van der Waals surface area contributed by atoms with Crippen LogP contribution in [0.25, 0.3) is 0 Å². The van der Waals surface area contributed by atoms with Crippen LogP contribution in [0.3, 0.4) is 0 Å². The molecule has 2 rings (SSSR count). The van der Waals surface area contributed by atoms with E-state index in [9.17, 15) is 9.59 Å². The fourth-order valence-electron chi connectivity index (χ4n) is 2.15. The van der Waals surface area contributed by atoms with Crippen LogP contribution < -0.4 is 0 Å². The van der Waals surface area contributed by atoms with Gasteiger partial charge in [0.1, 0.15) is 0 Å². The molecule has 0 radical (unpaired) electrons. The molecule has 1 N–H and O–H groups in total. The van der Waals surface area contributed by atoms with Crippen molar-refractivity contribution in [2.45, 2.75) is 5.92 Å². The first kappa shape index (κ1) is 14.9. The molecular weight excluding hydrogens is 268 g/mol. The maximum Gasteiger partial charge on any atom is 0.335 e. The van der Waals surface area contributed by atoms with E-state index in [2.05, 4.69) is 0 Å². The zero-order valence-corrected chi connectivity index (χ0v) is 11.7. The monoisotopic (exact) mass is 284 g/mol. The van der Waals surface area contributed by atoms with E-state index >= 15 is 0 Å². The lowest BCUT2D eigenvalue weighted by Crippen LogP contribution is -2.18. The van der Waals surface area contributed by atoms with Crippen molar-refractivity contribution < 1.29 is 19.4 Å². The Kier molecular flexibility index (Phi) is 4.85. The van der Waals surface area contributed by atoms with Crippen molar-refractivity contribution in [2.24, 2.45) is 0 Å². The quantitative estimate of drug-likeness (QED) is 0.828. The molecule has 0 aliphatic rings. The van der Waals surface area contributed by atoms with Crippen molar-refractivity contribution in [3.8, 4) is 0 Å². The lowest BCUT2D eigenvalue weighted by atomic mass is 9.91. The van der Waals surface area contributed by atoms with Crippen LogP contribution in [-0.2, 0) is 4.74 Å². The van der Waals surface area contributed by atoms with E-state index in [0.717, 1.165) is 5.56 Å². The van der Waals surface area contributed by atoms with Gasteiger partial charge in [-0.15, -0.1) is 0 Å². The van der Waals surface area contributed by atoms with Gasteiger partial charge in [0, 0.05) is 12.7 Å². The first-order chi connectivity index (χ1) is 10.1. The molecule has 0 bridgehead atoms. The third kappa shape index (κ3) is 3.55. The lowest BCUT2D eigenvalue weighted by Gasteiger charge is -2.15. The number of hydrogen-bond donors (Lipinski definition) is 1. The van der Waals surface area contributed by atoms with Crippen LogP contribution in [-0.4, -0.2) is 30.6 Å². The molecule has 0 aliphatic carbocycles. The number of rotatable bonds is 6. The minimum Gasteiger partial charge on any atom is -0.478 e. The van der Waals surface area contributed by atoms with Gasteiger partial charge in [-0.05, 0) is 17.7 Å². The van der Waals surface area contributed by atoms with Gasteiger partial charge in [0.25, 0.3) is 0 Å². The highest BCUT2D eigenvalue weighted by molar-refractivity contribution is 6.01. The minimum atomic E-state index is -1.01. The van der Waals surface area contributed by atoms with Gasteiger partial charge in [-0.25, -0.2) is 4.79 Å². The maximum absolute atomic E-state index is 12.6. The summed E-state index contributed by atoms with van der Waals surface area (Å²) in [6.07, 6.45) is 0. The lowest BCUT2D eigenvalue weighted by molar-refractivity contribution is 0.0696. The Morgan fingerprint density at radius 2 is 1.57 bits per heavy atom. The predicted molar refractivity (Wildman–Crippen MR) is 78.8 cm³/mol. The molecule has 4 heteroatoms. The molecule has 2 aromatic rings.